The molecule has 1 rings (SSSR count). The second kappa shape index (κ2) is 7.32. The minimum Gasteiger partial charge on any atom is -0.889 e. The molecule has 0 bridgehead atoms. The van der Waals surface area contributed by atoms with Crippen molar-refractivity contribution in [2.75, 3.05) is 0 Å². The summed E-state index contributed by atoms with van der Waals surface area (Å²) in [6.45, 7) is 0. The van der Waals surface area contributed by atoms with Gasteiger partial charge in [0.15, 0.2) is 29.1 Å². The fourth-order valence-electron chi connectivity index (χ4n) is 0.829. The molecule has 1 aromatic carbocycles. The maximum Gasteiger partial charge on any atom is 1.00 e. The number of hydrogen-bond donors (Lipinski definition) is 0. The summed E-state index contributed by atoms with van der Waals surface area (Å²) >= 11 is 0. The van der Waals surface area contributed by atoms with Crippen molar-refractivity contribution in [3.05, 3.63) is 29.1 Å². The second-order valence-electron chi connectivity index (χ2n) is 2.32. The van der Waals surface area contributed by atoms with Crippen molar-refractivity contribution in [3.63, 3.8) is 0 Å². The van der Waals surface area contributed by atoms with Crippen LogP contribution in [0.4, 0.5) is 22.0 Å². The summed E-state index contributed by atoms with van der Waals surface area (Å²) in [6.07, 6.45) is 0. The van der Waals surface area contributed by atoms with Crippen molar-refractivity contribution in [1.29, 1.82) is 0 Å². The van der Waals surface area contributed by atoms with Gasteiger partial charge in [-0.05, 0) is 5.46 Å². The van der Waals surface area contributed by atoms with Crippen molar-refractivity contribution < 1.29 is 91.1 Å². The molecule has 0 N–H and O–H groups in total. The van der Waals surface area contributed by atoms with Crippen LogP contribution < -0.4 is 74.6 Å². The van der Waals surface area contributed by atoms with Crippen LogP contribution in [-0.2, 0) is 0 Å². The van der Waals surface area contributed by atoms with E-state index in [-0.39, 0.29) is 59.1 Å². The van der Waals surface area contributed by atoms with Crippen LogP contribution in [0.3, 0.4) is 0 Å². The smallest absolute Gasteiger partial charge is 0.889 e. The van der Waals surface area contributed by atoms with Gasteiger partial charge in [-0.15, -0.1) is 0 Å². The Labute approximate surface area is 132 Å². The van der Waals surface area contributed by atoms with Crippen LogP contribution in [0.25, 0.3) is 0 Å². The maximum absolute atomic E-state index is 12.5. The van der Waals surface area contributed by atoms with Gasteiger partial charge in [0.1, 0.15) is 0 Å². The number of benzene rings is 1. The predicted molar refractivity (Wildman–Crippen MR) is 31.6 cm³/mol. The number of hydrogen-bond acceptors (Lipinski definition) is 2. The minimum atomic E-state index is -3.26. The SMILES string of the molecule is [Na+].[Na+].[O-]B([O-])c1c(F)c(F)c(F)c(F)c1F. The van der Waals surface area contributed by atoms with Crippen LogP contribution in [0.2, 0.25) is 0 Å². The van der Waals surface area contributed by atoms with E-state index in [4.69, 9.17) is 0 Å². The summed E-state index contributed by atoms with van der Waals surface area (Å²) in [5, 5.41) is 20.2. The Morgan fingerprint density at radius 2 is 0.875 bits per heavy atom. The summed E-state index contributed by atoms with van der Waals surface area (Å²) < 4.78 is 62.0. The first kappa shape index (κ1) is 19.2. The Morgan fingerprint density at radius 1 is 0.625 bits per heavy atom. The third-order valence-electron chi connectivity index (χ3n) is 1.48. The third kappa shape index (κ3) is 3.42. The van der Waals surface area contributed by atoms with Crippen LogP contribution in [0, 0.1) is 29.1 Å². The Kier molecular flexibility index (Phi) is 8.79. The van der Waals surface area contributed by atoms with Crippen LogP contribution in [-0.4, -0.2) is 7.12 Å². The molecule has 0 aromatic heterocycles. The molecule has 0 saturated heterocycles. The van der Waals surface area contributed by atoms with Crippen LogP contribution in [0.15, 0.2) is 0 Å². The largest absolute Gasteiger partial charge is 1.00 e. The quantitative estimate of drug-likeness (QED) is 0.217. The molecule has 0 spiro atoms. The van der Waals surface area contributed by atoms with E-state index >= 15 is 0 Å². The minimum absolute atomic E-state index is 0. The van der Waals surface area contributed by atoms with E-state index < -0.39 is 41.7 Å². The molecule has 0 aliphatic rings. The second-order valence-corrected chi connectivity index (χ2v) is 2.32. The fraction of sp³-hybridized carbons (Fsp3) is 0. The molecule has 0 amide bonds. The summed E-state index contributed by atoms with van der Waals surface area (Å²) in [5.41, 5.74) is -1.89. The number of halogens is 5. The Balaban J connectivity index is 0. The predicted octanol–water partition coefficient (Wildman–Crippen LogP) is -7.19. The molecule has 0 radical (unpaired) electrons. The van der Waals surface area contributed by atoms with Crippen molar-refractivity contribution in [2.45, 2.75) is 0 Å². The zero-order valence-electron chi connectivity index (χ0n) is 8.28. The molecule has 0 aliphatic carbocycles. The summed E-state index contributed by atoms with van der Waals surface area (Å²) in [4.78, 5) is 0. The summed E-state index contributed by atoms with van der Waals surface area (Å²) in [6, 6.07) is 0. The Bertz CT molecular complexity index is 361. The molecule has 0 heterocycles. The van der Waals surface area contributed by atoms with Crippen LogP contribution in [0.5, 0.6) is 0 Å². The molecule has 0 unspecified atom stereocenters. The van der Waals surface area contributed by atoms with E-state index in [9.17, 15) is 32.0 Å². The van der Waals surface area contributed by atoms with E-state index in [2.05, 4.69) is 0 Å². The van der Waals surface area contributed by atoms with Crippen molar-refractivity contribution in [2.24, 2.45) is 0 Å². The first-order valence-electron chi connectivity index (χ1n) is 3.20. The molecule has 76 valence electrons. The topological polar surface area (TPSA) is 46.1 Å². The fourth-order valence-corrected chi connectivity index (χ4v) is 0.829. The molecule has 1 aromatic rings. The maximum atomic E-state index is 12.5. The average Bonchev–Trinajstić information content (AvgIpc) is 2.11. The van der Waals surface area contributed by atoms with Crippen LogP contribution >= 0.6 is 0 Å². The van der Waals surface area contributed by atoms with Gasteiger partial charge in [0, 0.05) is 0 Å². The van der Waals surface area contributed by atoms with Gasteiger partial charge < -0.3 is 10.0 Å². The van der Waals surface area contributed by atoms with Gasteiger partial charge >= 0.3 is 59.1 Å². The number of rotatable bonds is 1. The molecule has 16 heavy (non-hydrogen) atoms. The summed E-state index contributed by atoms with van der Waals surface area (Å²) in [5.74, 6) is -11.7. The van der Waals surface area contributed by atoms with Gasteiger partial charge in [0.05, 0.1) is 0 Å². The van der Waals surface area contributed by atoms with Gasteiger partial charge in [-0.25, -0.2) is 22.0 Å². The Morgan fingerprint density at radius 3 is 1.12 bits per heavy atom. The first-order chi connectivity index (χ1) is 6.37. The van der Waals surface area contributed by atoms with Gasteiger partial charge in [0.2, 0.25) is 0 Å². The average molecular weight is 256 g/mol. The zero-order chi connectivity index (χ0) is 11.0. The first-order valence-corrected chi connectivity index (χ1v) is 3.20. The molecular formula is C6BF5Na2O2. The zero-order valence-corrected chi connectivity index (χ0v) is 12.3. The van der Waals surface area contributed by atoms with Crippen LogP contribution in [0.1, 0.15) is 0 Å². The van der Waals surface area contributed by atoms with Crippen molar-refractivity contribution >= 4 is 12.6 Å². The third-order valence-corrected chi connectivity index (χ3v) is 1.48. The van der Waals surface area contributed by atoms with E-state index in [0.29, 0.717) is 0 Å². The van der Waals surface area contributed by atoms with Crippen molar-refractivity contribution in [1.82, 2.24) is 0 Å². The van der Waals surface area contributed by atoms with E-state index in [1.54, 1.807) is 0 Å². The molecular weight excluding hydrogens is 256 g/mol. The van der Waals surface area contributed by atoms with E-state index in [0.717, 1.165) is 0 Å². The normalized spacial score (nSPS) is 9.19. The van der Waals surface area contributed by atoms with Gasteiger partial charge in [-0.3, -0.25) is 0 Å². The molecule has 0 aliphatic heterocycles. The molecule has 10 heteroatoms. The van der Waals surface area contributed by atoms with E-state index in [1.807, 2.05) is 0 Å². The van der Waals surface area contributed by atoms with Gasteiger partial charge in [-0.2, -0.15) is 0 Å². The van der Waals surface area contributed by atoms with E-state index in [1.165, 1.54) is 0 Å². The standard InChI is InChI=1S/C6BF5O2.2Na/c8-2-1(7(13)14)3(9)5(11)6(12)4(2)10;;/q-2;2*+1. The molecule has 2 nitrogen and oxygen atoms in total. The molecule has 0 atom stereocenters. The van der Waals surface area contributed by atoms with Crippen molar-refractivity contribution in [3.8, 4) is 0 Å². The molecule has 0 saturated carbocycles. The molecule has 0 fully saturated rings. The monoisotopic (exact) mass is 256 g/mol. The van der Waals surface area contributed by atoms with Gasteiger partial charge in [0.25, 0.3) is 0 Å². The van der Waals surface area contributed by atoms with Gasteiger partial charge in [-0.1, -0.05) is 7.12 Å². The Hall–Kier alpha value is 0.855. The summed E-state index contributed by atoms with van der Waals surface area (Å²) in [7, 11) is -3.26.